The van der Waals surface area contributed by atoms with E-state index < -0.39 is 8.32 Å². The van der Waals surface area contributed by atoms with E-state index in [2.05, 4.69) is 104 Å². The molecule has 1 aliphatic heterocycles. The molecule has 168 valence electrons. The van der Waals surface area contributed by atoms with Gasteiger partial charge in [-0.05, 0) is 28.3 Å². The summed E-state index contributed by atoms with van der Waals surface area (Å²) in [5.74, 6) is -0.210. The Bertz CT molecular complexity index is 798. The van der Waals surface area contributed by atoms with Gasteiger partial charge in [0.05, 0.1) is 25.7 Å². The largest absolute Gasteiger partial charge is 0.469 e. The Morgan fingerprint density at radius 1 is 1.06 bits per heavy atom. The Morgan fingerprint density at radius 3 is 2.10 bits per heavy atom. The van der Waals surface area contributed by atoms with Crippen LogP contribution in [0, 0.1) is 0 Å². The fourth-order valence-electron chi connectivity index (χ4n) is 4.53. The minimum atomic E-state index is -2.52. The van der Waals surface area contributed by atoms with E-state index in [-0.39, 0.29) is 23.2 Å². The summed E-state index contributed by atoms with van der Waals surface area (Å²) >= 11 is 2.45. The van der Waals surface area contributed by atoms with Crippen molar-refractivity contribution >= 4 is 47.3 Å². The lowest BCUT2D eigenvalue weighted by atomic mass is 10.1. The van der Waals surface area contributed by atoms with Crippen molar-refractivity contribution in [2.45, 2.75) is 61.2 Å². The highest BCUT2D eigenvalue weighted by atomic mass is 127. The molecule has 4 nitrogen and oxygen atoms in total. The summed E-state index contributed by atoms with van der Waals surface area (Å²) in [4.78, 5) is 11.6. The highest BCUT2D eigenvalue weighted by Crippen LogP contribution is 2.37. The lowest BCUT2D eigenvalue weighted by molar-refractivity contribution is -0.143. The molecule has 1 fully saturated rings. The van der Waals surface area contributed by atoms with E-state index in [9.17, 15) is 4.79 Å². The maximum absolute atomic E-state index is 11.6. The van der Waals surface area contributed by atoms with E-state index in [1.807, 2.05) is 0 Å². The van der Waals surface area contributed by atoms with Crippen molar-refractivity contribution in [2.75, 3.05) is 13.7 Å². The number of hydrogen-bond donors (Lipinski definition) is 0. The average molecular weight is 553 g/mol. The van der Waals surface area contributed by atoms with Crippen molar-refractivity contribution in [2.24, 2.45) is 0 Å². The number of esters is 1. The zero-order valence-corrected chi connectivity index (χ0v) is 22.0. The highest BCUT2D eigenvalue weighted by molar-refractivity contribution is 14.1. The van der Waals surface area contributed by atoms with Crippen molar-refractivity contribution in [1.82, 2.24) is 0 Å². The molecule has 2 aromatic rings. The molecule has 0 amide bonds. The molecule has 0 unspecified atom stereocenters. The third-order valence-corrected chi connectivity index (χ3v) is 12.4. The number of carbonyl (C=O) groups is 1. The fourth-order valence-corrected chi connectivity index (χ4v) is 10.2. The monoisotopic (exact) mass is 552 g/mol. The number of benzene rings is 2. The number of methoxy groups -OCH3 is 1. The molecule has 1 heterocycles. The number of ether oxygens (including phenoxy) is 2. The van der Waals surface area contributed by atoms with Gasteiger partial charge in [-0.2, -0.15) is 0 Å². The Labute approximate surface area is 200 Å². The summed E-state index contributed by atoms with van der Waals surface area (Å²) < 4.78 is 18.3. The zero-order chi connectivity index (χ0) is 22.5. The lowest BCUT2D eigenvalue weighted by Crippen LogP contribution is -2.66. The molecule has 0 aromatic heterocycles. The fraction of sp³-hybridized carbons (Fsp3) is 0.480. The summed E-state index contributed by atoms with van der Waals surface area (Å²) in [6.07, 6.45) is 2.04. The Hall–Kier alpha value is -1.22. The minimum absolute atomic E-state index is 0.0383. The van der Waals surface area contributed by atoms with Crippen molar-refractivity contribution in [3.05, 3.63) is 60.7 Å². The molecule has 3 rings (SSSR count). The number of hydrogen-bond acceptors (Lipinski definition) is 4. The first-order valence-electron chi connectivity index (χ1n) is 10.9. The second-order valence-corrected chi connectivity index (χ2v) is 15.0. The maximum atomic E-state index is 11.6. The summed E-state index contributed by atoms with van der Waals surface area (Å²) in [5.41, 5.74) is 0. The summed E-state index contributed by atoms with van der Waals surface area (Å²) in [6, 6.07) is 21.4. The van der Waals surface area contributed by atoms with Crippen LogP contribution in [0.1, 0.15) is 40.0 Å². The summed E-state index contributed by atoms with van der Waals surface area (Å²) in [5, 5.41) is 2.54. The normalized spacial score (nSPS) is 21.8. The van der Waals surface area contributed by atoms with Crippen LogP contribution in [-0.2, 0) is 18.7 Å². The number of carbonyl (C=O) groups excluding carboxylic acids is 1. The van der Waals surface area contributed by atoms with Gasteiger partial charge in [0.2, 0.25) is 0 Å². The Kier molecular flexibility index (Phi) is 8.35. The first kappa shape index (κ1) is 24.4. The molecule has 0 aliphatic carbocycles. The molecule has 0 radical (unpaired) electrons. The van der Waals surface area contributed by atoms with Gasteiger partial charge in [-0.15, -0.1) is 0 Å². The van der Waals surface area contributed by atoms with Gasteiger partial charge in [-0.1, -0.05) is 104 Å². The third-order valence-electron chi connectivity index (χ3n) is 6.02. The predicted octanol–water partition coefficient (Wildman–Crippen LogP) is 4.48. The molecule has 2 aromatic carbocycles. The Morgan fingerprint density at radius 2 is 1.61 bits per heavy atom. The van der Waals surface area contributed by atoms with E-state index in [0.717, 1.165) is 12.8 Å². The number of rotatable bonds is 8. The second kappa shape index (κ2) is 10.6. The van der Waals surface area contributed by atoms with Gasteiger partial charge in [0.1, 0.15) is 0 Å². The van der Waals surface area contributed by atoms with Crippen molar-refractivity contribution in [1.29, 1.82) is 0 Å². The van der Waals surface area contributed by atoms with Crippen LogP contribution in [0.25, 0.3) is 0 Å². The molecule has 0 spiro atoms. The molecular formula is C25H33IO4Si. The highest BCUT2D eigenvalue weighted by Gasteiger charge is 2.50. The van der Waals surface area contributed by atoms with Crippen LogP contribution in [0.15, 0.2) is 60.7 Å². The van der Waals surface area contributed by atoms with Crippen LogP contribution in [0.5, 0.6) is 0 Å². The van der Waals surface area contributed by atoms with Gasteiger partial charge < -0.3 is 13.9 Å². The minimum Gasteiger partial charge on any atom is -0.469 e. The van der Waals surface area contributed by atoms with Gasteiger partial charge in [-0.25, -0.2) is 0 Å². The molecule has 0 N–H and O–H groups in total. The molecule has 3 atom stereocenters. The quantitative estimate of drug-likeness (QED) is 0.210. The molecule has 31 heavy (non-hydrogen) atoms. The van der Waals surface area contributed by atoms with Crippen LogP contribution >= 0.6 is 22.6 Å². The average Bonchev–Trinajstić information content (AvgIpc) is 3.10. The third kappa shape index (κ3) is 5.59. The van der Waals surface area contributed by atoms with Gasteiger partial charge in [-0.3, -0.25) is 4.79 Å². The van der Waals surface area contributed by atoms with E-state index in [1.165, 1.54) is 17.5 Å². The zero-order valence-electron chi connectivity index (χ0n) is 18.8. The maximum Gasteiger partial charge on any atom is 0.308 e. The van der Waals surface area contributed by atoms with Crippen LogP contribution < -0.4 is 10.4 Å². The van der Waals surface area contributed by atoms with E-state index in [1.54, 1.807) is 0 Å². The predicted molar refractivity (Wildman–Crippen MR) is 136 cm³/mol. The van der Waals surface area contributed by atoms with E-state index >= 15 is 0 Å². The molecule has 0 bridgehead atoms. The Balaban J connectivity index is 1.80. The van der Waals surface area contributed by atoms with Crippen LogP contribution in [0.2, 0.25) is 5.04 Å². The first-order valence-corrected chi connectivity index (χ1v) is 14.0. The smallest absolute Gasteiger partial charge is 0.308 e. The number of alkyl halides is 1. The van der Waals surface area contributed by atoms with Crippen LogP contribution in [0.3, 0.4) is 0 Å². The standard InChI is InChI=1S/C25H33IO4Si/c1-25(2,3)31(20-11-7-5-8-12-20,21-13-9-6-10-14-21)29-16-15-23-22(26)17-19(30-23)18-24(27)28-4/h5-14,19,22-23H,15-18H2,1-4H3/t19-,22-,23+/m0/s1. The van der Waals surface area contributed by atoms with Gasteiger partial charge >= 0.3 is 5.97 Å². The van der Waals surface area contributed by atoms with Crippen LogP contribution in [-0.4, -0.2) is 44.1 Å². The second-order valence-electron chi connectivity index (χ2n) is 9.13. The number of halogens is 1. The van der Waals surface area contributed by atoms with Crippen molar-refractivity contribution in [3.8, 4) is 0 Å². The molecular weight excluding hydrogens is 519 g/mol. The van der Waals surface area contributed by atoms with Crippen molar-refractivity contribution in [3.63, 3.8) is 0 Å². The molecule has 6 heteroatoms. The SMILES string of the molecule is COC(=O)C[C@@H]1C[C@H](I)[C@@H](CCO[Si](c2ccccc2)(c2ccccc2)C(C)(C)C)O1. The van der Waals surface area contributed by atoms with Gasteiger partial charge in [0.25, 0.3) is 8.32 Å². The van der Waals surface area contributed by atoms with Gasteiger partial charge in [0, 0.05) is 10.5 Å². The first-order chi connectivity index (χ1) is 14.8. The van der Waals surface area contributed by atoms with E-state index in [0.29, 0.717) is 17.0 Å². The molecule has 1 saturated heterocycles. The van der Waals surface area contributed by atoms with E-state index in [4.69, 9.17) is 13.9 Å². The summed E-state index contributed by atoms with van der Waals surface area (Å²) in [7, 11) is -1.10. The van der Waals surface area contributed by atoms with Crippen molar-refractivity contribution < 1.29 is 18.7 Å². The van der Waals surface area contributed by atoms with Gasteiger partial charge in [0.15, 0.2) is 0 Å². The lowest BCUT2D eigenvalue weighted by Gasteiger charge is -2.43. The van der Waals surface area contributed by atoms with Crippen LogP contribution in [0.4, 0.5) is 0 Å². The topological polar surface area (TPSA) is 44.8 Å². The molecule has 0 saturated carbocycles. The molecule has 1 aliphatic rings. The summed E-state index contributed by atoms with van der Waals surface area (Å²) in [6.45, 7) is 7.50.